The molecular formula is C9H9ClF3N3. The molecule has 3 nitrogen and oxygen atoms in total. The standard InChI is InChI=1S/C9H9ClF3N3/c1-16(2)5-15-8-3-6(9(11,12)13)7(10)4-14-8/h3-5H,1-2H3. The van der Waals surface area contributed by atoms with Crippen molar-refractivity contribution in [1.82, 2.24) is 9.88 Å². The van der Waals surface area contributed by atoms with Gasteiger partial charge >= 0.3 is 6.18 Å². The van der Waals surface area contributed by atoms with Crippen molar-refractivity contribution >= 4 is 23.8 Å². The molecule has 1 rings (SSSR count). The van der Waals surface area contributed by atoms with Crippen molar-refractivity contribution < 1.29 is 13.2 Å². The summed E-state index contributed by atoms with van der Waals surface area (Å²) in [4.78, 5) is 9.01. The first-order valence-corrected chi connectivity index (χ1v) is 4.62. The summed E-state index contributed by atoms with van der Waals surface area (Å²) in [5.41, 5.74) is -0.935. The lowest BCUT2D eigenvalue weighted by Gasteiger charge is -2.08. The highest BCUT2D eigenvalue weighted by Gasteiger charge is 2.33. The van der Waals surface area contributed by atoms with Gasteiger partial charge in [-0.3, -0.25) is 0 Å². The first-order valence-electron chi connectivity index (χ1n) is 4.24. The maximum Gasteiger partial charge on any atom is 0.418 e. The fourth-order valence-electron chi connectivity index (χ4n) is 0.890. The van der Waals surface area contributed by atoms with Crippen molar-refractivity contribution in [3.63, 3.8) is 0 Å². The molecule has 0 atom stereocenters. The van der Waals surface area contributed by atoms with Crippen LogP contribution in [0.15, 0.2) is 17.3 Å². The van der Waals surface area contributed by atoms with Crippen LogP contribution in [-0.2, 0) is 6.18 Å². The molecule has 0 aliphatic heterocycles. The molecule has 0 saturated carbocycles. The molecule has 88 valence electrons. The predicted octanol–water partition coefficient (Wildman–Crippen LogP) is 2.98. The van der Waals surface area contributed by atoms with Gasteiger partial charge in [0.05, 0.1) is 16.9 Å². The van der Waals surface area contributed by atoms with E-state index >= 15 is 0 Å². The van der Waals surface area contributed by atoms with E-state index in [1.54, 1.807) is 19.0 Å². The molecular weight excluding hydrogens is 243 g/mol. The lowest BCUT2D eigenvalue weighted by atomic mass is 10.2. The lowest BCUT2D eigenvalue weighted by Crippen LogP contribution is -2.08. The third kappa shape index (κ3) is 3.37. The van der Waals surface area contributed by atoms with E-state index in [0.717, 1.165) is 12.3 Å². The number of nitrogens with zero attached hydrogens (tertiary/aromatic N) is 3. The van der Waals surface area contributed by atoms with Crippen molar-refractivity contribution in [2.45, 2.75) is 6.18 Å². The molecule has 0 N–H and O–H groups in total. The smallest absolute Gasteiger partial charge is 0.369 e. The molecule has 0 aliphatic rings. The lowest BCUT2D eigenvalue weighted by molar-refractivity contribution is -0.137. The molecule has 0 bridgehead atoms. The molecule has 0 unspecified atom stereocenters. The SMILES string of the molecule is CN(C)C=Nc1cc(C(F)(F)F)c(Cl)cn1. The molecule has 1 aromatic rings. The van der Waals surface area contributed by atoms with Crippen LogP contribution >= 0.6 is 11.6 Å². The number of hydrogen-bond donors (Lipinski definition) is 0. The van der Waals surface area contributed by atoms with Crippen LogP contribution < -0.4 is 0 Å². The number of aromatic nitrogens is 1. The molecule has 0 amide bonds. The van der Waals surface area contributed by atoms with E-state index in [2.05, 4.69) is 9.98 Å². The Kier molecular flexibility index (Phi) is 3.74. The highest BCUT2D eigenvalue weighted by Crippen LogP contribution is 2.35. The molecule has 0 fully saturated rings. The summed E-state index contributed by atoms with van der Waals surface area (Å²) in [5.74, 6) is -0.0366. The van der Waals surface area contributed by atoms with Crippen LogP contribution in [0.2, 0.25) is 5.02 Å². The molecule has 0 aromatic carbocycles. The largest absolute Gasteiger partial charge is 0.418 e. The summed E-state index contributed by atoms with van der Waals surface area (Å²) in [5, 5.41) is -0.434. The molecule has 0 radical (unpaired) electrons. The summed E-state index contributed by atoms with van der Waals surface area (Å²) in [6, 6.07) is 0.808. The number of alkyl halides is 3. The van der Waals surface area contributed by atoms with E-state index in [1.807, 2.05) is 0 Å². The van der Waals surface area contributed by atoms with Crippen LogP contribution in [0.5, 0.6) is 0 Å². The summed E-state index contributed by atoms with van der Waals surface area (Å²) in [7, 11) is 3.40. The second kappa shape index (κ2) is 4.69. The fourth-order valence-corrected chi connectivity index (χ4v) is 1.10. The topological polar surface area (TPSA) is 28.5 Å². The van der Waals surface area contributed by atoms with Crippen molar-refractivity contribution in [3.05, 3.63) is 22.8 Å². The van der Waals surface area contributed by atoms with E-state index in [-0.39, 0.29) is 5.82 Å². The Hall–Kier alpha value is -1.30. The third-order valence-electron chi connectivity index (χ3n) is 1.57. The van der Waals surface area contributed by atoms with Crippen LogP contribution in [0.4, 0.5) is 19.0 Å². The van der Waals surface area contributed by atoms with Gasteiger partial charge in [0.2, 0.25) is 0 Å². The van der Waals surface area contributed by atoms with Gasteiger partial charge in [0.15, 0.2) is 5.82 Å². The Labute approximate surface area is 95.6 Å². The fraction of sp³-hybridized carbons (Fsp3) is 0.333. The molecule has 0 saturated heterocycles. The zero-order valence-electron chi connectivity index (χ0n) is 8.59. The Bertz CT molecular complexity index is 401. The molecule has 16 heavy (non-hydrogen) atoms. The Balaban J connectivity index is 3.08. The summed E-state index contributed by atoms with van der Waals surface area (Å²) < 4.78 is 37.4. The minimum atomic E-state index is -4.50. The van der Waals surface area contributed by atoms with Crippen molar-refractivity contribution in [2.75, 3.05) is 14.1 Å². The average molecular weight is 252 g/mol. The van der Waals surface area contributed by atoms with E-state index in [9.17, 15) is 13.2 Å². The third-order valence-corrected chi connectivity index (χ3v) is 1.87. The molecule has 1 heterocycles. The van der Waals surface area contributed by atoms with E-state index in [4.69, 9.17) is 11.6 Å². The maximum absolute atomic E-state index is 12.5. The highest BCUT2D eigenvalue weighted by atomic mass is 35.5. The molecule has 0 aliphatic carbocycles. The van der Waals surface area contributed by atoms with Gasteiger partial charge in [-0.15, -0.1) is 0 Å². The Morgan fingerprint density at radius 3 is 2.56 bits per heavy atom. The second-order valence-corrected chi connectivity index (χ2v) is 3.64. The second-order valence-electron chi connectivity index (χ2n) is 3.23. The number of hydrogen-bond acceptors (Lipinski definition) is 2. The van der Waals surface area contributed by atoms with Gasteiger partial charge in [0.25, 0.3) is 0 Å². The van der Waals surface area contributed by atoms with Crippen LogP contribution in [0.3, 0.4) is 0 Å². The normalized spacial score (nSPS) is 12.1. The summed E-state index contributed by atoms with van der Waals surface area (Å²) in [6.07, 6.45) is -2.20. The van der Waals surface area contributed by atoms with E-state index in [0.29, 0.717) is 0 Å². The van der Waals surface area contributed by atoms with Gasteiger partial charge in [-0.05, 0) is 6.07 Å². The first-order chi connectivity index (χ1) is 7.30. The van der Waals surface area contributed by atoms with Gasteiger partial charge in [0.1, 0.15) is 0 Å². The Morgan fingerprint density at radius 1 is 1.44 bits per heavy atom. The van der Waals surface area contributed by atoms with Crippen LogP contribution in [-0.4, -0.2) is 30.3 Å². The number of pyridine rings is 1. The average Bonchev–Trinajstić information content (AvgIpc) is 2.14. The van der Waals surface area contributed by atoms with Gasteiger partial charge in [0, 0.05) is 20.3 Å². The summed E-state index contributed by atoms with van der Waals surface area (Å²) in [6.45, 7) is 0. The van der Waals surface area contributed by atoms with Crippen LogP contribution in [0.1, 0.15) is 5.56 Å². The zero-order chi connectivity index (χ0) is 12.3. The van der Waals surface area contributed by atoms with Crippen molar-refractivity contribution in [2.24, 2.45) is 4.99 Å². The van der Waals surface area contributed by atoms with Gasteiger partial charge in [-0.1, -0.05) is 11.6 Å². The van der Waals surface area contributed by atoms with Gasteiger partial charge < -0.3 is 4.90 Å². The van der Waals surface area contributed by atoms with Crippen molar-refractivity contribution in [3.8, 4) is 0 Å². The minimum Gasteiger partial charge on any atom is -0.369 e. The summed E-state index contributed by atoms with van der Waals surface area (Å²) >= 11 is 5.40. The number of halogens is 4. The van der Waals surface area contributed by atoms with Crippen LogP contribution in [0, 0.1) is 0 Å². The maximum atomic E-state index is 12.5. The first kappa shape index (κ1) is 12.8. The van der Waals surface area contributed by atoms with Gasteiger partial charge in [-0.25, -0.2) is 9.98 Å². The highest BCUT2D eigenvalue weighted by molar-refractivity contribution is 6.31. The van der Waals surface area contributed by atoms with E-state index in [1.165, 1.54) is 6.34 Å². The van der Waals surface area contributed by atoms with Crippen molar-refractivity contribution in [1.29, 1.82) is 0 Å². The molecule has 7 heteroatoms. The Morgan fingerprint density at radius 2 is 2.06 bits per heavy atom. The molecule has 0 spiro atoms. The zero-order valence-corrected chi connectivity index (χ0v) is 9.34. The number of rotatable bonds is 2. The van der Waals surface area contributed by atoms with E-state index < -0.39 is 16.8 Å². The molecule has 1 aromatic heterocycles. The predicted molar refractivity (Wildman–Crippen MR) is 56.1 cm³/mol. The van der Waals surface area contributed by atoms with Crippen LogP contribution in [0.25, 0.3) is 0 Å². The monoisotopic (exact) mass is 251 g/mol. The minimum absolute atomic E-state index is 0.0366. The quantitative estimate of drug-likeness (QED) is 0.597. The van der Waals surface area contributed by atoms with Gasteiger partial charge in [-0.2, -0.15) is 13.2 Å². The number of aliphatic imine (C=N–C) groups is 1.